The van der Waals surface area contributed by atoms with Crippen LogP contribution in [-0.2, 0) is 14.8 Å². The standard InChI is InChI=1S/C11H13ClN2O6S/c12-9-5-8(14(16)17)1-2-10(9)21(18,19)13-6-11(15)3-4-20-7-11/h1-2,5,13,15H,3-4,6-7H2. The van der Waals surface area contributed by atoms with Gasteiger partial charge in [-0.1, -0.05) is 11.6 Å². The average Bonchev–Trinajstić information content (AvgIpc) is 2.84. The number of nitrogens with one attached hydrogen (secondary N) is 1. The molecular weight excluding hydrogens is 324 g/mol. The second-order valence-electron chi connectivity index (χ2n) is 4.72. The predicted molar refractivity (Wildman–Crippen MR) is 73.7 cm³/mol. The van der Waals surface area contributed by atoms with Crippen LogP contribution in [0.1, 0.15) is 6.42 Å². The number of rotatable bonds is 5. The van der Waals surface area contributed by atoms with Crippen LogP contribution in [0.15, 0.2) is 23.1 Å². The summed E-state index contributed by atoms with van der Waals surface area (Å²) < 4.78 is 31.5. The number of nitro benzene ring substituents is 1. The third-order valence-corrected chi connectivity index (χ3v) is 4.97. The SMILES string of the molecule is O=[N+]([O-])c1ccc(S(=O)(=O)NCC2(O)CCOC2)c(Cl)c1. The lowest BCUT2D eigenvalue weighted by atomic mass is 10.1. The van der Waals surface area contributed by atoms with Crippen molar-refractivity contribution in [3.8, 4) is 0 Å². The number of sulfonamides is 1. The highest BCUT2D eigenvalue weighted by atomic mass is 35.5. The van der Waals surface area contributed by atoms with Crippen LogP contribution in [0.2, 0.25) is 5.02 Å². The fraction of sp³-hybridized carbons (Fsp3) is 0.455. The fourth-order valence-corrected chi connectivity index (χ4v) is 3.52. The zero-order chi connectivity index (χ0) is 15.7. The molecular formula is C11H13ClN2O6S. The van der Waals surface area contributed by atoms with E-state index in [1.54, 1.807) is 0 Å². The first-order valence-corrected chi connectivity index (χ1v) is 7.83. The number of nitro groups is 1. The van der Waals surface area contributed by atoms with Gasteiger partial charge < -0.3 is 9.84 Å². The van der Waals surface area contributed by atoms with Gasteiger partial charge in [-0.25, -0.2) is 13.1 Å². The van der Waals surface area contributed by atoms with Crippen molar-refractivity contribution in [1.29, 1.82) is 0 Å². The summed E-state index contributed by atoms with van der Waals surface area (Å²) in [4.78, 5) is 9.64. The number of ether oxygens (including phenoxy) is 1. The van der Waals surface area contributed by atoms with Gasteiger partial charge in [-0.3, -0.25) is 10.1 Å². The van der Waals surface area contributed by atoms with Gasteiger partial charge in [0.25, 0.3) is 5.69 Å². The van der Waals surface area contributed by atoms with Gasteiger partial charge in [0.1, 0.15) is 10.5 Å². The van der Waals surface area contributed by atoms with Crippen LogP contribution >= 0.6 is 11.6 Å². The molecule has 8 nitrogen and oxygen atoms in total. The van der Waals surface area contributed by atoms with Crippen molar-refractivity contribution in [1.82, 2.24) is 4.72 Å². The molecule has 2 N–H and O–H groups in total. The summed E-state index contributed by atoms with van der Waals surface area (Å²) >= 11 is 5.78. The number of aliphatic hydroxyl groups is 1. The molecule has 1 aliphatic heterocycles. The third-order valence-electron chi connectivity index (χ3n) is 3.09. The minimum Gasteiger partial charge on any atom is -0.386 e. The average molecular weight is 337 g/mol. The number of non-ortho nitro benzene ring substituents is 1. The summed E-state index contributed by atoms with van der Waals surface area (Å²) in [5.74, 6) is 0. The van der Waals surface area contributed by atoms with E-state index in [1.807, 2.05) is 0 Å². The Labute approximate surface area is 125 Å². The van der Waals surface area contributed by atoms with E-state index in [1.165, 1.54) is 0 Å². The van der Waals surface area contributed by atoms with Crippen LogP contribution in [-0.4, -0.2) is 43.8 Å². The molecule has 0 saturated carbocycles. The van der Waals surface area contributed by atoms with E-state index in [0.717, 1.165) is 18.2 Å². The Morgan fingerprint density at radius 1 is 1.52 bits per heavy atom. The fourth-order valence-electron chi connectivity index (χ4n) is 1.86. The molecule has 1 aromatic rings. The van der Waals surface area contributed by atoms with Crippen molar-refractivity contribution < 1.29 is 23.2 Å². The van der Waals surface area contributed by atoms with Crippen LogP contribution in [0.5, 0.6) is 0 Å². The Hall–Kier alpha value is -1.26. The highest BCUT2D eigenvalue weighted by molar-refractivity contribution is 7.89. The zero-order valence-electron chi connectivity index (χ0n) is 10.8. The van der Waals surface area contributed by atoms with Crippen LogP contribution in [0.25, 0.3) is 0 Å². The van der Waals surface area contributed by atoms with Crippen molar-refractivity contribution in [2.24, 2.45) is 0 Å². The maximum Gasteiger partial charge on any atom is 0.271 e. The predicted octanol–water partition coefficient (Wildman–Crippen LogP) is 0.678. The van der Waals surface area contributed by atoms with Gasteiger partial charge in [0.05, 0.1) is 16.6 Å². The molecule has 0 spiro atoms. The molecule has 1 aromatic carbocycles. The molecule has 21 heavy (non-hydrogen) atoms. The zero-order valence-corrected chi connectivity index (χ0v) is 12.4. The molecule has 116 valence electrons. The number of hydrogen-bond acceptors (Lipinski definition) is 6. The van der Waals surface area contributed by atoms with Gasteiger partial charge in [-0.2, -0.15) is 0 Å². The Morgan fingerprint density at radius 2 is 2.24 bits per heavy atom. The van der Waals surface area contributed by atoms with E-state index in [4.69, 9.17) is 16.3 Å². The Balaban J connectivity index is 2.17. The topological polar surface area (TPSA) is 119 Å². The van der Waals surface area contributed by atoms with Gasteiger partial charge in [0.15, 0.2) is 0 Å². The van der Waals surface area contributed by atoms with Crippen molar-refractivity contribution in [2.75, 3.05) is 19.8 Å². The van der Waals surface area contributed by atoms with Crippen LogP contribution in [0, 0.1) is 10.1 Å². The molecule has 1 heterocycles. The lowest BCUT2D eigenvalue weighted by Gasteiger charge is -2.20. The molecule has 2 rings (SSSR count). The Morgan fingerprint density at radius 3 is 2.76 bits per heavy atom. The monoisotopic (exact) mass is 336 g/mol. The molecule has 1 unspecified atom stereocenters. The minimum atomic E-state index is -3.98. The van der Waals surface area contributed by atoms with Gasteiger partial charge in [-0.15, -0.1) is 0 Å². The summed E-state index contributed by atoms with van der Waals surface area (Å²) in [6, 6.07) is 3.06. The van der Waals surface area contributed by atoms with E-state index >= 15 is 0 Å². The lowest BCUT2D eigenvalue weighted by molar-refractivity contribution is -0.384. The molecule has 0 bridgehead atoms. The van der Waals surface area contributed by atoms with E-state index in [9.17, 15) is 23.6 Å². The molecule has 1 fully saturated rings. The Bertz CT molecular complexity index is 657. The van der Waals surface area contributed by atoms with Gasteiger partial charge in [0.2, 0.25) is 10.0 Å². The largest absolute Gasteiger partial charge is 0.386 e. The van der Waals surface area contributed by atoms with Crippen molar-refractivity contribution in [3.63, 3.8) is 0 Å². The minimum absolute atomic E-state index is 0.0452. The van der Waals surface area contributed by atoms with Crippen LogP contribution < -0.4 is 4.72 Å². The summed E-state index contributed by atoms with van der Waals surface area (Å²) in [7, 11) is -3.98. The van der Waals surface area contributed by atoms with Crippen molar-refractivity contribution in [3.05, 3.63) is 33.3 Å². The highest BCUT2D eigenvalue weighted by Crippen LogP contribution is 2.26. The van der Waals surface area contributed by atoms with E-state index < -0.39 is 20.5 Å². The maximum absolute atomic E-state index is 12.1. The van der Waals surface area contributed by atoms with E-state index in [0.29, 0.717) is 13.0 Å². The number of nitrogens with zero attached hydrogens (tertiary/aromatic N) is 1. The number of hydrogen-bond donors (Lipinski definition) is 2. The summed E-state index contributed by atoms with van der Waals surface area (Å²) in [5.41, 5.74) is -1.55. The molecule has 0 amide bonds. The molecule has 0 radical (unpaired) electrons. The summed E-state index contributed by atoms with van der Waals surface area (Å²) in [5, 5.41) is 20.3. The first-order valence-electron chi connectivity index (χ1n) is 5.97. The van der Waals surface area contributed by atoms with Crippen molar-refractivity contribution >= 4 is 27.3 Å². The normalized spacial score (nSPS) is 22.4. The van der Waals surface area contributed by atoms with Crippen LogP contribution in [0.3, 0.4) is 0 Å². The van der Waals surface area contributed by atoms with Gasteiger partial charge >= 0.3 is 0 Å². The first kappa shape index (κ1) is 16.1. The molecule has 0 aliphatic carbocycles. The molecule has 10 heteroatoms. The molecule has 1 atom stereocenters. The highest BCUT2D eigenvalue weighted by Gasteiger charge is 2.34. The van der Waals surface area contributed by atoms with E-state index in [2.05, 4.69) is 4.72 Å². The summed E-state index contributed by atoms with van der Waals surface area (Å²) in [6.07, 6.45) is 0.323. The number of benzene rings is 1. The van der Waals surface area contributed by atoms with E-state index in [-0.39, 0.29) is 28.8 Å². The van der Waals surface area contributed by atoms with Crippen molar-refractivity contribution in [2.45, 2.75) is 16.9 Å². The number of halogens is 1. The molecule has 0 aromatic heterocycles. The van der Waals surface area contributed by atoms with Crippen LogP contribution in [0.4, 0.5) is 5.69 Å². The summed E-state index contributed by atoms with van der Waals surface area (Å²) in [6.45, 7) is 0.183. The second-order valence-corrected chi connectivity index (χ2v) is 6.87. The second kappa shape index (κ2) is 5.85. The quantitative estimate of drug-likeness (QED) is 0.602. The first-order chi connectivity index (χ1) is 9.73. The third kappa shape index (κ3) is 3.69. The molecule has 1 saturated heterocycles. The maximum atomic E-state index is 12.1. The van der Waals surface area contributed by atoms with Gasteiger partial charge in [0, 0.05) is 31.7 Å². The van der Waals surface area contributed by atoms with Gasteiger partial charge in [-0.05, 0) is 6.07 Å². The molecule has 1 aliphatic rings. The Kier molecular flexibility index (Phi) is 4.49. The lowest BCUT2D eigenvalue weighted by Crippen LogP contribution is -2.43. The smallest absolute Gasteiger partial charge is 0.271 e.